The molecule has 0 radical (unpaired) electrons. The van der Waals surface area contributed by atoms with Crippen LogP contribution in [-0.2, 0) is 4.79 Å². The van der Waals surface area contributed by atoms with Gasteiger partial charge in [0.05, 0.1) is 0 Å². The van der Waals surface area contributed by atoms with E-state index in [1.165, 1.54) is 0 Å². The minimum atomic E-state index is -0.913. The molecule has 0 saturated carbocycles. The van der Waals surface area contributed by atoms with E-state index in [1.54, 1.807) is 0 Å². The van der Waals surface area contributed by atoms with Crippen molar-refractivity contribution in [2.24, 2.45) is 11.7 Å². The van der Waals surface area contributed by atoms with E-state index in [2.05, 4.69) is 0 Å². The summed E-state index contributed by atoms with van der Waals surface area (Å²) in [5.74, 6) is -0.556. The van der Waals surface area contributed by atoms with Crippen LogP contribution in [0.5, 0.6) is 0 Å². The first-order chi connectivity index (χ1) is 5.04. The van der Waals surface area contributed by atoms with Gasteiger partial charge in [-0.1, -0.05) is 27.7 Å². The smallest absolute Gasteiger partial charge is 0.320 e. The first-order valence-corrected chi connectivity index (χ1v) is 4.02. The Labute approximate surface area is 68.6 Å². The maximum atomic E-state index is 10.1. The molecule has 0 amide bonds. The second-order valence-corrected chi connectivity index (χ2v) is 2.57. The Kier molecular flexibility index (Phi) is 8.94. The monoisotopic (exact) mass is 161 g/mol. The molecule has 0 bridgehead atoms. The van der Waals surface area contributed by atoms with Crippen molar-refractivity contribution in [2.75, 3.05) is 0 Å². The van der Waals surface area contributed by atoms with Gasteiger partial charge in [-0.25, -0.2) is 0 Å². The molecule has 0 aromatic rings. The van der Waals surface area contributed by atoms with E-state index in [-0.39, 0.29) is 0 Å². The van der Waals surface area contributed by atoms with E-state index in [9.17, 15) is 4.79 Å². The van der Waals surface area contributed by atoms with Crippen molar-refractivity contribution in [1.82, 2.24) is 0 Å². The van der Waals surface area contributed by atoms with Crippen molar-refractivity contribution in [1.29, 1.82) is 0 Å². The summed E-state index contributed by atoms with van der Waals surface area (Å²) in [6, 6.07) is -0.690. The molecular formula is C8H19NO2. The van der Waals surface area contributed by atoms with Gasteiger partial charge in [0, 0.05) is 0 Å². The fraction of sp³-hybridized carbons (Fsp3) is 0.875. The van der Waals surface area contributed by atoms with Gasteiger partial charge in [0.1, 0.15) is 6.04 Å². The first-order valence-electron chi connectivity index (χ1n) is 4.02. The van der Waals surface area contributed by atoms with Gasteiger partial charge in [0.25, 0.3) is 0 Å². The molecular weight excluding hydrogens is 142 g/mol. The van der Waals surface area contributed by atoms with Crippen LogP contribution < -0.4 is 5.73 Å². The molecule has 3 heteroatoms. The highest BCUT2D eigenvalue weighted by molar-refractivity contribution is 5.72. The largest absolute Gasteiger partial charge is 0.480 e. The van der Waals surface area contributed by atoms with E-state index < -0.39 is 12.0 Å². The normalized spacial score (nSPS) is 11.8. The van der Waals surface area contributed by atoms with Gasteiger partial charge in [-0.15, -0.1) is 0 Å². The number of carboxylic acids is 1. The van der Waals surface area contributed by atoms with Crippen LogP contribution >= 0.6 is 0 Å². The van der Waals surface area contributed by atoms with Crippen LogP contribution in [0, 0.1) is 5.92 Å². The average molecular weight is 161 g/mol. The van der Waals surface area contributed by atoms with Crippen LogP contribution in [0.25, 0.3) is 0 Å². The van der Waals surface area contributed by atoms with Crippen molar-refractivity contribution < 1.29 is 9.90 Å². The average Bonchev–Trinajstić information content (AvgIpc) is 1.90. The van der Waals surface area contributed by atoms with E-state index in [4.69, 9.17) is 10.8 Å². The quantitative estimate of drug-likeness (QED) is 0.658. The maximum absolute atomic E-state index is 10.1. The Morgan fingerprint density at radius 1 is 1.45 bits per heavy atom. The lowest BCUT2D eigenvalue weighted by Crippen LogP contribution is -2.31. The number of rotatable bonds is 3. The van der Waals surface area contributed by atoms with Gasteiger partial charge >= 0.3 is 5.97 Å². The highest BCUT2D eigenvalue weighted by atomic mass is 16.4. The van der Waals surface area contributed by atoms with E-state index in [0.717, 1.165) is 0 Å². The Balaban J connectivity index is 0. The van der Waals surface area contributed by atoms with Gasteiger partial charge in [-0.3, -0.25) is 4.79 Å². The summed E-state index contributed by atoms with van der Waals surface area (Å²) in [6.45, 7) is 7.89. The van der Waals surface area contributed by atoms with Gasteiger partial charge in [0.15, 0.2) is 0 Å². The number of hydrogen-bond acceptors (Lipinski definition) is 2. The van der Waals surface area contributed by atoms with Crippen molar-refractivity contribution >= 4 is 5.97 Å². The molecule has 0 rings (SSSR count). The van der Waals surface area contributed by atoms with Crippen molar-refractivity contribution in [2.45, 2.75) is 40.2 Å². The molecule has 0 aliphatic carbocycles. The van der Waals surface area contributed by atoms with Crippen LogP contribution in [0.2, 0.25) is 0 Å². The fourth-order valence-corrected chi connectivity index (χ4v) is 0.609. The lowest BCUT2D eigenvalue weighted by atomic mass is 10.1. The minimum Gasteiger partial charge on any atom is -0.480 e. The lowest BCUT2D eigenvalue weighted by Gasteiger charge is -2.07. The molecule has 0 aliphatic rings. The zero-order chi connectivity index (χ0) is 9.44. The molecule has 11 heavy (non-hydrogen) atoms. The number of aliphatic carboxylic acids is 1. The summed E-state index contributed by atoms with van der Waals surface area (Å²) in [4.78, 5) is 10.1. The number of hydrogen-bond donors (Lipinski definition) is 2. The Morgan fingerprint density at radius 3 is 1.91 bits per heavy atom. The van der Waals surface area contributed by atoms with Gasteiger partial charge in [0.2, 0.25) is 0 Å². The molecule has 1 atom stereocenters. The van der Waals surface area contributed by atoms with E-state index >= 15 is 0 Å². The zero-order valence-corrected chi connectivity index (χ0v) is 7.79. The Hall–Kier alpha value is -0.570. The molecule has 0 spiro atoms. The summed E-state index contributed by atoms with van der Waals surface area (Å²) in [5.41, 5.74) is 5.22. The van der Waals surface area contributed by atoms with E-state index in [1.807, 2.05) is 27.7 Å². The molecule has 0 heterocycles. The maximum Gasteiger partial charge on any atom is 0.320 e. The fourth-order valence-electron chi connectivity index (χ4n) is 0.609. The van der Waals surface area contributed by atoms with Crippen molar-refractivity contribution in [3.63, 3.8) is 0 Å². The summed E-state index contributed by atoms with van der Waals surface area (Å²) >= 11 is 0. The summed E-state index contributed by atoms with van der Waals surface area (Å²) < 4.78 is 0. The third kappa shape index (κ3) is 9.43. The Bertz CT molecular complexity index is 102. The lowest BCUT2D eigenvalue weighted by molar-refractivity contribution is -0.138. The zero-order valence-electron chi connectivity index (χ0n) is 7.79. The number of carboxylic acid groups (broad SMARTS) is 1. The standard InChI is InChI=1S/C6H13NO2.C2H6/c1-4(2)3-5(7)6(8)9;1-2/h4-5H,3,7H2,1-2H3,(H,8,9);1-2H3/t5-;/m0./s1. The summed E-state index contributed by atoms with van der Waals surface area (Å²) in [5, 5.41) is 8.31. The summed E-state index contributed by atoms with van der Waals surface area (Å²) in [7, 11) is 0. The second-order valence-electron chi connectivity index (χ2n) is 2.57. The third-order valence-electron chi connectivity index (χ3n) is 1.04. The molecule has 0 aliphatic heterocycles. The molecule has 0 aromatic carbocycles. The third-order valence-corrected chi connectivity index (χ3v) is 1.04. The molecule has 68 valence electrons. The predicted octanol–water partition coefficient (Wildman–Crippen LogP) is 1.47. The molecule has 3 nitrogen and oxygen atoms in total. The highest BCUT2D eigenvalue weighted by Crippen LogP contribution is 2.01. The predicted molar refractivity (Wildman–Crippen MR) is 46.4 cm³/mol. The topological polar surface area (TPSA) is 63.3 Å². The van der Waals surface area contributed by atoms with Crippen molar-refractivity contribution in [3.8, 4) is 0 Å². The van der Waals surface area contributed by atoms with Crippen LogP contribution in [-0.4, -0.2) is 17.1 Å². The van der Waals surface area contributed by atoms with Crippen LogP contribution in [0.15, 0.2) is 0 Å². The molecule has 0 unspecified atom stereocenters. The summed E-state index contributed by atoms with van der Waals surface area (Å²) in [6.07, 6.45) is 0.551. The minimum absolute atomic E-state index is 0.357. The van der Waals surface area contributed by atoms with Gasteiger partial charge < -0.3 is 10.8 Å². The number of carbonyl (C=O) groups is 1. The van der Waals surface area contributed by atoms with Crippen LogP contribution in [0.1, 0.15) is 34.1 Å². The Morgan fingerprint density at radius 2 is 1.82 bits per heavy atom. The van der Waals surface area contributed by atoms with Crippen LogP contribution in [0.3, 0.4) is 0 Å². The first kappa shape index (κ1) is 13.1. The second kappa shape index (κ2) is 7.54. The molecule has 0 aromatic heterocycles. The highest BCUT2D eigenvalue weighted by Gasteiger charge is 2.11. The van der Waals surface area contributed by atoms with Crippen LogP contribution in [0.4, 0.5) is 0 Å². The molecule has 0 fully saturated rings. The van der Waals surface area contributed by atoms with Crippen molar-refractivity contribution in [3.05, 3.63) is 0 Å². The van der Waals surface area contributed by atoms with E-state index in [0.29, 0.717) is 12.3 Å². The number of nitrogens with two attached hydrogens (primary N) is 1. The molecule has 0 saturated heterocycles. The van der Waals surface area contributed by atoms with Gasteiger partial charge in [-0.2, -0.15) is 0 Å². The van der Waals surface area contributed by atoms with Gasteiger partial charge in [-0.05, 0) is 12.3 Å². The molecule has 3 N–H and O–H groups in total. The SMILES string of the molecule is CC.CC(C)C[C@H](N)C(=O)O.